The van der Waals surface area contributed by atoms with E-state index in [0.717, 1.165) is 12.8 Å². The third-order valence-corrected chi connectivity index (χ3v) is 4.18. The number of nitrogens with one attached hydrogen (secondary N) is 1. The van der Waals surface area contributed by atoms with E-state index in [4.69, 9.17) is 0 Å². The maximum absolute atomic E-state index is 12.1. The van der Waals surface area contributed by atoms with E-state index in [1.807, 2.05) is 0 Å². The van der Waals surface area contributed by atoms with Gasteiger partial charge in [0.1, 0.15) is 0 Å². The Morgan fingerprint density at radius 1 is 0.750 bits per heavy atom. The lowest BCUT2D eigenvalue weighted by Crippen LogP contribution is -2.30. The van der Waals surface area contributed by atoms with Crippen molar-refractivity contribution in [3.8, 4) is 0 Å². The highest BCUT2D eigenvalue weighted by Crippen LogP contribution is 2.21. The fourth-order valence-corrected chi connectivity index (χ4v) is 2.96. The Labute approximate surface area is 121 Å². The lowest BCUT2D eigenvalue weighted by molar-refractivity contribution is -0.135. The summed E-state index contributed by atoms with van der Waals surface area (Å²) >= 11 is 0. The molecule has 0 aliphatic heterocycles. The standard InChI is InChI=1S/C16H30F3N/c17-16(18,19)13-10-14-20-15-11-8-6-4-2-1-3-5-7-9-12-15/h15,20H,1-14H2. The molecule has 1 saturated carbocycles. The van der Waals surface area contributed by atoms with E-state index in [-0.39, 0.29) is 6.42 Å². The van der Waals surface area contributed by atoms with Crippen molar-refractivity contribution in [3.05, 3.63) is 0 Å². The summed E-state index contributed by atoms with van der Waals surface area (Å²) in [5.74, 6) is 0. The Kier molecular flexibility index (Phi) is 9.32. The molecule has 1 aliphatic carbocycles. The molecule has 0 radical (unpaired) electrons. The Morgan fingerprint density at radius 2 is 1.20 bits per heavy atom. The van der Waals surface area contributed by atoms with Crippen LogP contribution >= 0.6 is 0 Å². The van der Waals surface area contributed by atoms with Gasteiger partial charge in [-0.3, -0.25) is 0 Å². The first-order valence-corrected chi connectivity index (χ1v) is 8.38. The van der Waals surface area contributed by atoms with Gasteiger partial charge in [0.2, 0.25) is 0 Å². The summed E-state index contributed by atoms with van der Waals surface area (Å²) in [6.07, 6.45) is 9.52. The largest absolute Gasteiger partial charge is 0.389 e. The molecule has 1 N–H and O–H groups in total. The average Bonchev–Trinajstić information content (AvgIpc) is 2.36. The van der Waals surface area contributed by atoms with Crippen LogP contribution in [0.5, 0.6) is 0 Å². The monoisotopic (exact) mass is 293 g/mol. The van der Waals surface area contributed by atoms with Gasteiger partial charge < -0.3 is 5.32 Å². The predicted octanol–water partition coefficient (Wildman–Crippen LogP) is 5.59. The molecule has 0 aromatic heterocycles. The Balaban J connectivity index is 2.17. The molecule has 4 heteroatoms. The molecule has 0 aromatic rings. The Morgan fingerprint density at radius 3 is 1.65 bits per heavy atom. The number of rotatable bonds is 4. The van der Waals surface area contributed by atoms with Crippen LogP contribution < -0.4 is 5.32 Å². The summed E-state index contributed by atoms with van der Waals surface area (Å²) in [6.45, 7) is 0.504. The van der Waals surface area contributed by atoms with Crippen molar-refractivity contribution in [3.63, 3.8) is 0 Å². The number of halogens is 3. The molecule has 0 atom stereocenters. The van der Waals surface area contributed by atoms with Crippen molar-refractivity contribution >= 4 is 0 Å². The molecule has 1 fully saturated rings. The first-order chi connectivity index (χ1) is 9.58. The van der Waals surface area contributed by atoms with Gasteiger partial charge in [0.25, 0.3) is 0 Å². The molecule has 1 aliphatic rings. The third kappa shape index (κ3) is 10.5. The van der Waals surface area contributed by atoms with Crippen molar-refractivity contribution in [1.82, 2.24) is 5.32 Å². The van der Waals surface area contributed by atoms with Gasteiger partial charge >= 0.3 is 6.18 Å². The first-order valence-electron chi connectivity index (χ1n) is 8.38. The van der Waals surface area contributed by atoms with Crippen LogP contribution in [0.1, 0.15) is 83.5 Å². The normalized spacial score (nSPS) is 21.1. The van der Waals surface area contributed by atoms with E-state index in [1.165, 1.54) is 57.8 Å². The summed E-state index contributed by atoms with van der Waals surface area (Å²) in [6, 6.07) is 0.433. The Bertz CT molecular complexity index is 216. The zero-order valence-corrected chi connectivity index (χ0v) is 12.6. The summed E-state index contributed by atoms with van der Waals surface area (Å²) in [5, 5.41) is 3.35. The summed E-state index contributed by atoms with van der Waals surface area (Å²) < 4.78 is 36.3. The molecular formula is C16H30F3N. The number of alkyl halides is 3. The van der Waals surface area contributed by atoms with Gasteiger partial charge in [0.05, 0.1) is 0 Å². The SMILES string of the molecule is FC(F)(F)CCCNC1CCCCCCCCCCC1. The Hall–Kier alpha value is -0.250. The van der Waals surface area contributed by atoms with Crippen LogP contribution in [0.3, 0.4) is 0 Å². The van der Waals surface area contributed by atoms with Crippen LogP contribution in [0.15, 0.2) is 0 Å². The van der Waals surface area contributed by atoms with Crippen LogP contribution in [-0.4, -0.2) is 18.8 Å². The fourth-order valence-electron chi connectivity index (χ4n) is 2.96. The van der Waals surface area contributed by atoms with E-state index < -0.39 is 12.6 Å². The van der Waals surface area contributed by atoms with Crippen molar-refractivity contribution in [2.75, 3.05) is 6.54 Å². The summed E-state index contributed by atoms with van der Waals surface area (Å²) in [4.78, 5) is 0. The van der Waals surface area contributed by atoms with E-state index in [2.05, 4.69) is 5.32 Å². The molecule has 0 bridgehead atoms. The third-order valence-electron chi connectivity index (χ3n) is 4.18. The molecular weight excluding hydrogens is 263 g/mol. The van der Waals surface area contributed by atoms with Gasteiger partial charge in [0, 0.05) is 12.5 Å². The lowest BCUT2D eigenvalue weighted by Gasteiger charge is -2.19. The average molecular weight is 293 g/mol. The number of hydrogen-bond acceptors (Lipinski definition) is 1. The topological polar surface area (TPSA) is 12.0 Å². The van der Waals surface area contributed by atoms with Crippen molar-refractivity contribution in [1.29, 1.82) is 0 Å². The molecule has 0 unspecified atom stereocenters. The summed E-state index contributed by atoms with van der Waals surface area (Å²) in [7, 11) is 0. The maximum atomic E-state index is 12.1. The van der Waals surface area contributed by atoms with Gasteiger partial charge in [-0.25, -0.2) is 0 Å². The van der Waals surface area contributed by atoms with Crippen LogP contribution in [0.25, 0.3) is 0 Å². The molecule has 1 rings (SSSR count). The molecule has 0 heterocycles. The van der Waals surface area contributed by atoms with Gasteiger partial charge in [-0.05, 0) is 25.8 Å². The molecule has 0 spiro atoms. The number of hydrogen-bond donors (Lipinski definition) is 1. The van der Waals surface area contributed by atoms with E-state index in [1.54, 1.807) is 0 Å². The second kappa shape index (κ2) is 10.5. The molecule has 0 saturated heterocycles. The first kappa shape index (κ1) is 17.8. The van der Waals surface area contributed by atoms with Gasteiger partial charge in [-0.1, -0.05) is 57.8 Å². The zero-order chi connectivity index (χ0) is 14.7. The van der Waals surface area contributed by atoms with E-state index in [0.29, 0.717) is 12.6 Å². The molecule has 120 valence electrons. The lowest BCUT2D eigenvalue weighted by atomic mass is 9.98. The quantitative estimate of drug-likeness (QED) is 0.666. The fraction of sp³-hybridized carbons (Fsp3) is 1.00. The summed E-state index contributed by atoms with van der Waals surface area (Å²) in [5.41, 5.74) is 0. The van der Waals surface area contributed by atoms with Gasteiger partial charge in [-0.2, -0.15) is 13.2 Å². The van der Waals surface area contributed by atoms with Crippen LogP contribution in [0.4, 0.5) is 13.2 Å². The minimum Gasteiger partial charge on any atom is -0.314 e. The second-order valence-corrected chi connectivity index (χ2v) is 6.13. The highest BCUT2D eigenvalue weighted by atomic mass is 19.4. The minimum absolute atomic E-state index is 0.208. The highest BCUT2D eigenvalue weighted by Gasteiger charge is 2.26. The van der Waals surface area contributed by atoms with Gasteiger partial charge in [0.15, 0.2) is 0 Å². The molecule has 0 amide bonds. The molecule has 1 nitrogen and oxygen atoms in total. The molecule has 0 aromatic carbocycles. The van der Waals surface area contributed by atoms with Crippen molar-refractivity contribution in [2.45, 2.75) is 95.7 Å². The molecule has 20 heavy (non-hydrogen) atoms. The van der Waals surface area contributed by atoms with Crippen LogP contribution in [0, 0.1) is 0 Å². The zero-order valence-electron chi connectivity index (χ0n) is 12.6. The van der Waals surface area contributed by atoms with Crippen LogP contribution in [0.2, 0.25) is 0 Å². The second-order valence-electron chi connectivity index (χ2n) is 6.13. The minimum atomic E-state index is -4.01. The van der Waals surface area contributed by atoms with Crippen molar-refractivity contribution < 1.29 is 13.2 Å². The maximum Gasteiger partial charge on any atom is 0.389 e. The smallest absolute Gasteiger partial charge is 0.314 e. The van der Waals surface area contributed by atoms with Gasteiger partial charge in [-0.15, -0.1) is 0 Å². The van der Waals surface area contributed by atoms with E-state index >= 15 is 0 Å². The van der Waals surface area contributed by atoms with Crippen LogP contribution in [-0.2, 0) is 0 Å². The highest BCUT2D eigenvalue weighted by molar-refractivity contribution is 4.68. The van der Waals surface area contributed by atoms with Crippen molar-refractivity contribution in [2.24, 2.45) is 0 Å². The van der Waals surface area contributed by atoms with E-state index in [9.17, 15) is 13.2 Å². The predicted molar refractivity (Wildman–Crippen MR) is 77.9 cm³/mol.